The van der Waals surface area contributed by atoms with Crippen LogP contribution in [-0.4, -0.2) is 61.1 Å². The number of aromatic nitrogens is 7. The Bertz CT molecular complexity index is 1210. The average Bonchev–Trinajstić information content (AvgIpc) is 3.23. The third-order valence-corrected chi connectivity index (χ3v) is 5.08. The fraction of sp³-hybridized carbons (Fsp3) is 0.250. The Morgan fingerprint density at radius 3 is 2.53 bits per heavy atom. The van der Waals surface area contributed by atoms with Gasteiger partial charge in [-0.25, -0.2) is 24.6 Å². The Morgan fingerprint density at radius 1 is 0.933 bits per heavy atom. The van der Waals surface area contributed by atoms with Gasteiger partial charge in [-0.1, -0.05) is 35.5 Å². The summed E-state index contributed by atoms with van der Waals surface area (Å²) >= 11 is 0. The second-order valence-electron chi connectivity index (χ2n) is 6.93. The van der Waals surface area contributed by atoms with Crippen LogP contribution in [0.5, 0.6) is 0 Å². The Labute approximate surface area is 172 Å². The topological polar surface area (TPSA) is 113 Å². The number of hydrogen-bond acceptors (Lipinski definition) is 9. The molecule has 1 aliphatic heterocycles. The summed E-state index contributed by atoms with van der Waals surface area (Å²) in [5.41, 5.74) is 2.92. The molecule has 0 atom stereocenters. The van der Waals surface area contributed by atoms with Gasteiger partial charge in [-0.3, -0.25) is 0 Å². The molecule has 0 saturated carbocycles. The van der Waals surface area contributed by atoms with E-state index >= 15 is 0 Å². The van der Waals surface area contributed by atoms with Crippen LogP contribution in [0.1, 0.15) is 11.3 Å². The van der Waals surface area contributed by atoms with Crippen LogP contribution in [-0.2, 0) is 6.54 Å². The van der Waals surface area contributed by atoms with Crippen molar-refractivity contribution < 1.29 is 0 Å². The van der Waals surface area contributed by atoms with E-state index in [0.717, 1.165) is 43.2 Å². The van der Waals surface area contributed by atoms with E-state index in [9.17, 15) is 0 Å². The van der Waals surface area contributed by atoms with Crippen molar-refractivity contribution in [2.24, 2.45) is 0 Å². The Hall–Kier alpha value is -4.13. The summed E-state index contributed by atoms with van der Waals surface area (Å²) in [5.74, 6) is 1.36. The van der Waals surface area contributed by atoms with E-state index in [1.54, 1.807) is 23.3 Å². The maximum atomic E-state index is 9.05. The Kier molecular flexibility index (Phi) is 4.61. The Balaban J connectivity index is 1.35. The summed E-state index contributed by atoms with van der Waals surface area (Å²) in [7, 11) is 0. The molecule has 10 heteroatoms. The first-order valence-electron chi connectivity index (χ1n) is 9.63. The van der Waals surface area contributed by atoms with Gasteiger partial charge in [0.2, 0.25) is 5.95 Å². The lowest BCUT2D eigenvalue weighted by molar-refractivity contribution is 0.635. The third kappa shape index (κ3) is 3.37. The number of anilines is 2. The van der Waals surface area contributed by atoms with Gasteiger partial charge in [-0.15, -0.1) is 5.10 Å². The lowest BCUT2D eigenvalue weighted by Gasteiger charge is -2.35. The Morgan fingerprint density at radius 2 is 1.73 bits per heavy atom. The van der Waals surface area contributed by atoms with Crippen molar-refractivity contribution in [1.82, 2.24) is 34.9 Å². The van der Waals surface area contributed by atoms with E-state index in [1.165, 1.54) is 0 Å². The van der Waals surface area contributed by atoms with Crippen LogP contribution in [0.3, 0.4) is 0 Å². The standard InChI is InChI=1S/C20H18N10/c21-12-16-6-7-22-20(25-16)29-10-8-28(9-11-29)18-17-19(24-14-23-18)30(27-26-17)13-15-4-2-1-3-5-15/h1-7,14H,8-11,13H2. The second-order valence-corrected chi connectivity index (χ2v) is 6.93. The molecular weight excluding hydrogens is 380 g/mol. The zero-order valence-electron chi connectivity index (χ0n) is 16.1. The van der Waals surface area contributed by atoms with Crippen LogP contribution in [0.25, 0.3) is 11.2 Å². The molecule has 0 N–H and O–H groups in total. The highest BCUT2D eigenvalue weighted by Crippen LogP contribution is 2.23. The third-order valence-electron chi connectivity index (χ3n) is 5.08. The van der Waals surface area contributed by atoms with Gasteiger partial charge in [-0.2, -0.15) is 5.26 Å². The molecule has 0 radical (unpaired) electrons. The number of hydrogen-bond donors (Lipinski definition) is 0. The molecule has 4 aromatic rings. The molecule has 0 aliphatic carbocycles. The van der Waals surface area contributed by atoms with Crippen molar-refractivity contribution in [2.45, 2.75) is 6.54 Å². The monoisotopic (exact) mass is 398 g/mol. The highest BCUT2D eigenvalue weighted by Gasteiger charge is 2.23. The molecule has 0 bridgehead atoms. The van der Waals surface area contributed by atoms with Crippen LogP contribution in [0.4, 0.5) is 11.8 Å². The minimum Gasteiger partial charge on any atom is -0.351 e. The molecule has 1 saturated heterocycles. The quantitative estimate of drug-likeness (QED) is 0.501. The number of piperazine rings is 1. The minimum absolute atomic E-state index is 0.370. The zero-order valence-corrected chi connectivity index (χ0v) is 16.1. The number of benzene rings is 1. The van der Waals surface area contributed by atoms with Crippen molar-refractivity contribution in [3.63, 3.8) is 0 Å². The normalized spacial score (nSPS) is 14.1. The van der Waals surface area contributed by atoms with E-state index < -0.39 is 0 Å². The van der Waals surface area contributed by atoms with Crippen LogP contribution in [0.15, 0.2) is 48.9 Å². The van der Waals surface area contributed by atoms with Crippen molar-refractivity contribution >= 4 is 22.9 Å². The number of nitrogens with zero attached hydrogens (tertiary/aromatic N) is 10. The van der Waals surface area contributed by atoms with E-state index in [2.05, 4.69) is 58.2 Å². The van der Waals surface area contributed by atoms with Gasteiger partial charge in [-0.05, 0) is 11.6 Å². The smallest absolute Gasteiger partial charge is 0.226 e. The molecule has 0 amide bonds. The van der Waals surface area contributed by atoms with Gasteiger partial charge < -0.3 is 9.80 Å². The molecule has 5 rings (SSSR count). The first-order valence-corrected chi connectivity index (χ1v) is 9.63. The van der Waals surface area contributed by atoms with Gasteiger partial charge in [0.25, 0.3) is 0 Å². The highest BCUT2D eigenvalue weighted by atomic mass is 15.5. The number of fused-ring (bicyclic) bond motifs is 1. The van der Waals surface area contributed by atoms with Crippen LogP contribution in [0.2, 0.25) is 0 Å². The lowest BCUT2D eigenvalue weighted by Crippen LogP contribution is -2.47. The molecular formula is C20H18N10. The SMILES string of the molecule is N#Cc1ccnc(N2CCN(c3ncnc4c3nnn4Cc3ccccc3)CC2)n1. The van der Waals surface area contributed by atoms with Crippen molar-refractivity contribution in [3.05, 3.63) is 60.2 Å². The van der Waals surface area contributed by atoms with Gasteiger partial charge in [0.15, 0.2) is 17.0 Å². The van der Waals surface area contributed by atoms with Crippen LogP contribution < -0.4 is 9.80 Å². The molecule has 0 spiro atoms. The van der Waals surface area contributed by atoms with E-state index in [1.807, 2.05) is 18.2 Å². The highest BCUT2D eigenvalue weighted by molar-refractivity contribution is 5.82. The predicted octanol–water partition coefficient (Wildman–Crippen LogP) is 1.26. The van der Waals surface area contributed by atoms with Crippen LogP contribution >= 0.6 is 0 Å². The maximum Gasteiger partial charge on any atom is 0.226 e. The zero-order chi connectivity index (χ0) is 20.3. The summed E-state index contributed by atoms with van der Waals surface area (Å²) in [6.45, 7) is 3.51. The molecule has 148 valence electrons. The van der Waals surface area contributed by atoms with Gasteiger partial charge >= 0.3 is 0 Å². The second kappa shape index (κ2) is 7.71. The van der Waals surface area contributed by atoms with Crippen molar-refractivity contribution in [3.8, 4) is 6.07 Å². The summed E-state index contributed by atoms with van der Waals surface area (Å²) < 4.78 is 1.80. The molecule has 1 fully saturated rings. The first-order chi connectivity index (χ1) is 14.8. The van der Waals surface area contributed by atoms with E-state index in [-0.39, 0.29) is 0 Å². The molecule has 0 unspecified atom stereocenters. The lowest BCUT2D eigenvalue weighted by atomic mass is 10.2. The summed E-state index contributed by atoms with van der Waals surface area (Å²) in [6, 6.07) is 13.8. The largest absolute Gasteiger partial charge is 0.351 e. The molecule has 3 aromatic heterocycles. The van der Waals surface area contributed by atoms with E-state index in [0.29, 0.717) is 23.7 Å². The average molecular weight is 398 g/mol. The molecule has 10 nitrogen and oxygen atoms in total. The van der Waals surface area contributed by atoms with Crippen molar-refractivity contribution in [2.75, 3.05) is 36.0 Å². The van der Waals surface area contributed by atoms with E-state index in [4.69, 9.17) is 5.26 Å². The number of rotatable bonds is 4. The molecule has 4 heterocycles. The van der Waals surface area contributed by atoms with Crippen LogP contribution in [0, 0.1) is 11.3 Å². The summed E-state index contributed by atoms with van der Waals surface area (Å²) in [4.78, 5) is 21.7. The molecule has 1 aliphatic rings. The molecule has 30 heavy (non-hydrogen) atoms. The summed E-state index contributed by atoms with van der Waals surface area (Å²) in [6.07, 6.45) is 3.18. The van der Waals surface area contributed by atoms with Gasteiger partial charge in [0, 0.05) is 32.4 Å². The fourth-order valence-electron chi connectivity index (χ4n) is 3.56. The summed E-state index contributed by atoms with van der Waals surface area (Å²) in [5, 5.41) is 17.7. The van der Waals surface area contributed by atoms with Gasteiger partial charge in [0.1, 0.15) is 18.1 Å². The van der Waals surface area contributed by atoms with Gasteiger partial charge in [0.05, 0.1) is 6.54 Å². The minimum atomic E-state index is 0.370. The fourth-order valence-corrected chi connectivity index (χ4v) is 3.56. The number of nitriles is 1. The molecule has 1 aromatic carbocycles. The van der Waals surface area contributed by atoms with Crippen molar-refractivity contribution in [1.29, 1.82) is 5.26 Å². The maximum absolute atomic E-state index is 9.05. The predicted molar refractivity (Wildman–Crippen MR) is 110 cm³/mol. The first kappa shape index (κ1) is 17.9.